The molecule has 1 aliphatic rings. The van der Waals surface area contributed by atoms with Gasteiger partial charge in [-0.15, -0.1) is 0 Å². The monoisotopic (exact) mass is 167 g/mol. The normalized spacial score (nSPS) is 33.4. The van der Waals surface area contributed by atoms with E-state index in [0.717, 1.165) is 0 Å². The van der Waals surface area contributed by atoms with Crippen LogP contribution in [-0.2, 0) is 9.53 Å². The van der Waals surface area contributed by atoms with Crippen molar-refractivity contribution in [1.29, 1.82) is 0 Å². The highest BCUT2D eigenvalue weighted by Gasteiger charge is 2.37. The van der Waals surface area contributed by atoms with E-state index < -0.39 is 11.5 Å². The van der Waals surface area contributed by atoms with Gasteiger partial charge in [0.2, 0.25) is 0 Å². The highest BCUT2D eigenvalue weighted by molar-refractivity contribution is 5.84. The van der Waals surface area contributed by atoms with Gasteiger partial charge in [0, 0.05) is 5.92 Å². The van der Waals surface area contributed by atoms with Gasteiger partial charge in [-0.1, -0.05) is 31.2 Å². The van der Waals surface area contributed by atoms with Crippen molar-refractivity contribution in [2.75, 3.05) is 7.11 Å². The van der Waals surface area contributed by atoms with Crippen molar-refractivity contribution in [2.24, 2.45) is 11.7 Å². The van der Waals surface area contributed by atoms with Crippen molar-refractivity contribution in [2.45, 2.75) is 12.5 Å². The number of carbonyl (C=O) groups excluding carboxylic acids is 1. The van der Waals surface area contributed by atoms with E-state index in [9.17, 15) is 4.79 Å². The summed E-state index contributed by atoms with van der Waals surface area (Å²) in [7, 11) is 1.34. The molecule has 0 fully saturated rings. The highest BCUT2D eigenvalue weighted by atomic mass is 16.5. The van der Waals surface area contributed by atoms with Crippen LogP contribution in [0.5, 0.6) is 0 Å². The van der Waals surface area contributed by atoms with Gasteiger partial charge in [0.1, 0.15) is 5.54 Å². The molecule has 0 spiro atoms. The number of ether oxygens (including phenoxy) is 1. The molecule has 2 atom stereocenters. The Labute approximate surface area is 71.9 Å². The third-order valence-corrected chi connectivity index (χ3v) is 2.18. The van der Waals surface area contributed by atoms with E-state index in [1.807, 2.05) is 19.1 Å². The Bertz CT molecular complexity index is 245. The Morgan fingerprint density at radius 3 is 2.75 bits per heavy atom. The number of hydrogen-bond donors (Lipinski definition) is 1. The number of esters is 1. The quantitative estimate of drug-likeness (QED) is 0.582. The molecular formula is C9H13NO2. The Morgan fingerprint density at radius 1 is 1.58 bits per heavy atom. The van der Waals surface area contributed by atoms with Crippen LogP contribution in [0.3, 0.4) is 0 Å². The Hall–Kier alpha value is -1.09. The number of allylic oxidation sites excluding steroid dienone is 2. The molecule has 0 aromatic heterocycles. The molecule has 0 bridgehead atoms. The van der Waals surface area contributed by atoms with Crippen molar-refractivity contribution in [1.82, 2.24) is 0 Å². The molecule has 0 heterocycles. The van der Waals surface area contributed by atoms with Crippen LogP contribution in [0.4, 0.5) is 0 Å². The van der Waals surface area contributed by atoms with E-state index in [1.165, 1.54) is 7.11 Å². The molecule has 0 saturated carbocycles. The molecule has 1 rings (SSSR count). The average Bonchev–Trinajstić information content (AvgIpc) is 2.09. The maximum Gasteiger partial charge on any atom is 0.330 e. The van der Waals surface area contributed by atoms with E-state index in [-0.39, 0.29) is 5.92 Å². The standard InChI is InChI=1S/C9H13NO2/c1-7-5-3-4-6-9(7,10)8(11)12-2/h3-7H,10H2,1-2H3. The molecule has 12 heavy (non-hydrogen) atoms. The van der Waals surface area contributed by atoms with Gasteiger partial charge in [0.15, 0.2) is 0 Å². The van der Waals surface area contributed by atoms with Crippen molar-refractivity contribution in [3.05, 3.63) is 24.3 Å². The van der Waals surface area contributed by atoms with Crippen molar-refractivity contribution >= 4 is 5.97 Å². The second kappa shape index (κ2) is 3.11. The zero-order valence-corrected chi connectivity index (χ0v) is 7.28. The molecule has 0 aliphatic heterocycles. The van der Waals surface area contributed by atoms with Gasteiger partial charge in [-0.05, 0) is 0 Å². The van der Waals surface area contributed by atoms with Crippen LogP contribution < -0.4 is 5.73 Å². The maximum atomic E-state index is 11.3. The molecule has 66 valence electrons. The lowest BCUT2D eigenvalue weighted by Crippen LogP contribution is -2.52. The zero-order valence-electron chi connectivity index (χ0n) is 7.28. The lowest BCUT2D eigenvalue weighted by molar-refractivity contribution is -0.146. The summed E-state index contributed by atoms with van der Waals surface area (Å²) in [6.45, 7) is 1.89. The maximum absolute atomic E-state index is 11.3. The molecule has 0 saturated heterocycles. The van der Waals surface area contributed by atoms with E-state index in [2.05, 4.69) is 4.74 Å². The molecule has 3 heteroatoms. The van der Waals surface area contributed by atoms with Gasteiger partial charge in [-0.2, -0.15) is 0 Å². The number of nitrogens with two attached hydrogens (primary N) is 1. The van der Waals surface area contributed by atoms with Crippen LogP contribution in [0.2, 0.25) is 0 Å². The largest absolute Gasteiger partial charge is 0.467 e. The minimum atomic E-state index is -0.983. The number of carbonyl (C=O) groups is 1. The number of rotatable bonds is 1. The molecule has 2 N–H and O–H groups in total. The van der Waals surface area contributed by atoms with Crippen LogP contribution in [0.25, 0.3) is 0 Å². The van der Waals surface area contributed by atoms with Crippen LogP contribution in [0, 0.1) is 5.92 Å². The minimum absolute atomic E-state index is 0.0186. The Morgan fingerprint density at radius 2 is 2.25 bits per heavy atom. The summed E-state index contributed by atoms with van der Waals surface area (Å²) in [6, 6.07) is 0. The lowest BCUT2D eigenvalue weighted by atomic mass is 9.83. The Kier molecular flexibility index (Phi) is 2.33. The summed E-state index contributed by atoms with van der Waals surface area (Å²) in [5.41, 5.74) is 4.86. The molecule has 0 radical (unpaired) electrons. The fourth-order valence-electron chi connectivity index (χ4n) is 1.19. The molecule has 1 aliphatic carbocycles. The SMILES string of the molecule is COC(=O)C1(N)C=CC=CC1C. The first-order valence-electron chi connectivity index (χ1n) is 3.84. The predicted octanol–water partition coefficient (Wildman–Crippen LogP) is 0.619. The summed E-state index contributed by atoms with van der Waals surface area (Å²) in [5.74, 6) is -0.412. The van der Waals surface area contributed by atoms with Gasteiger partial charge >= 0.3 is 5.97 Å². The van der Waals surface area contributed by atoms with Gasteiger partial charge in [-0.25, -0.2) is 4.79 Å². The predicted molar refractivity (Wildman–Crippen MR) is 46.4 cm³/mol. The van der Waals surface area contributed by atoms with E-state index >= 15 is 0 Å². The van der Waals surface area contributed by atoms with Crippen LogP contribution >= 0.6 is 0 Å². The minimum Gasteiger partial charge on any atom is -0.467 e. The topological polar surface area (TPSA) is 52.3 Å². The summed E-state index contributed by atoms with van der Waals surface area (Å²) >= 11 is 0. The lowest BCUT2D eigenvalue weighted by Gasteiger charge is -2.29. The first-order valence-corrected chi connectivity index (χ1v) is 3.84. The van der Waals surface area contributed by atoms with Crippen molar-refractivity contribution < 1.29 is 9.53 Å². The highest BCUT2D eigenvalue weighted by Crippen LogP contribution is 2.22. The van der Waals surface area contributed by atoms with Crippen LogP contribution in [0.15, 0.2) is 24.3 Å². The first-order chi connectivity index (χ1) is 5.61. The first kappa shape index (κ1) is 9.00. The van der Waals surface area contributed by atoms with Crippen LogP contribution in [0.1, 0.15) is 6.92 Å². The average molecular weight is 167 g/mol. The molecular weight excluding hydrogens is 154 g/mol. The molecule has 3 nitrogen and oxygen atoms in total. The third kappa shape index (κ3) is 1.28. The molecule has 0 amide bonds. The van der Waals surface area contributed by atoms with Crippen LogP contribution in [-0.4, -0.2) is 18.6 Å². The zero-order chi connectivity index (χ0) is 9.19. The van der Waals surface area contributed by atoms with Gasteiger partial charge in [0.25, 0.3) is 0 Å². The molecule has 0 aromatic carbocycles. The van der Waals surface area contributed by atoms with Gasteiger partial charge < -0.3 is 10.5 Å². The molecule has 0 aromatic rings. The third-order valence-electron chi connectivity index (χ3n) is 2.18. The Balaban J connectivity index is 2.90. The van der Waals surface area contributed by atoms with E-state index in [4.69, 9.17) is 5.73 Å². The fraction of sp³-hybridized carbons (Fsp3) is 0.444. The summed E-state index contributed by atoms with van der Waals surface area (Å²) in [4.78, 5) is 11.3. The van der Waals surface area contributed by atoms with E-state index in [0.29, 0.717) is 0 Å². The van der Waals surface area contributed by atoms with E-state index in [1.54, 1.807) is 12.2 Å². The van der Waals surface area contributed by atoms with Gasteiger partial charge in [0.05, 0.1) is 7.11 Å². The van der Waals surface area contributed by atoms with Crippen molar-refractivity contribution in [3.8, 4) is 0 Å². The van der Waals surface area contributed by atoms with Crippen molar-refractivity contribution in [3.63, 3.8) is 0 Å². The smallest absolute Gasteiger partial charge is 0.330 e. The molecule has 2 unspecified atom stereocenters. The number of hydrogen-bond acceptors (Lipinski definition) is 3. The fourth-order valence-corrected chi connectivity index (χ4v) is 1.19. The van der Waals surface area contributed by atoms with Gasteiger partial charge in [-0.3, -0.25) is 0 Å². The second-order valence-corrected chi connectivity index (χ2v) is 2.96. The summed E-state index contributed by atoms with van der Waals surface area (Å²) < 4.78 is 4.61. The summed E-state index contributed by atoms with van der Waals surface area (Å²) in [6.07, 6.45) is 7.19. The number of methoxy groups -OCH3 is 1. The second-order valence-electron chi connectivity index (χ2n) is 2.96. The summed E-state index contributed by atoms with van der Waals surface area (Å²) in [5, 5.41) is 0.